The lowest BCUT2D eigenvalue weighted by Gasteiger charge is -2.41. The van der Waals surface area contributed by atoms with Crippen LogP contribution < -0.4 is 5.32 Å². The maximum absolute atomic E-state index is 12.7. The molecule has 0 bridgehead atoms. The quantitative estimate of drug-likeness (QED) is 0.683. The molecule has 2 rings (SSSR count). The van der Waals surface area contributed by atoms with Gasteiger partial charge in [-0.15, -0.1) is 0 Å². The van der Waals surface area contributed by atoms with Crippen molar-refractivity contribution in [3.63, 3.8) is 0 Å². The summed E-state index contributed by atoms with van der Waals surface area (Å²) >= 11 is 0. The van der Waals surface area contributed by atoms with Crippen LogP contribution in [0.2, 0.25) is 0 Å². The molecule has 0 spiro atoms. The maximum atomic E-state index is 12.7. The molecule has 0 aromatic carbocycles. The summed E-state index contributed by atoms with van der Waals surface area (Å²) in [6.07, 6.45) is 1.50. The summed E-state index contributed by atoms with van der Waals surface area (Å²) in [5.74, 6) is -0.414. The van der Waals surface area contributed by atoms with Gasteiger partial charge < -0.3 is 15.1 Å². The van der Waals surface area contributed by atoms with E-state index in [0.717, 1.165) is 13.0 Å². The summed E-state index contributed by atoms with van der Waals surface area (Å²) in [5, 5.41) is 1.92. The molecule has 2 aliphatic rings. The molecule has 8 nitrogen and oxygen atoms in total. The molecule has 2 unspecified atom stereocenters. The molecule has 132 valence electrons. The average Bonchev–Trinajstić information content (AvgIpc) is 2.53. The first-order valence-corrected chi connectivity index (χ1v) is 9.45. The van der Waals surface area contributed by atoms with Gasteiger partial charge in [0.2, 0.25) is 21.8 Å². The fraction of sp³-hybridized carbons (Fsp3) is 0.857. The van der Waals surface area contributed by atoms with Crippen molar-refractivity contribution in [2.75, 3.05) is 46.8 Å². The molecule has 1 N–H and O–H groups in total. The molecule has 2 amide bonds. The third-order valence-electron chi connectivity index (χ3n) is 4.52. The van der Waals surface area contributed by atoms with Gasteiger partial charge in [0.05, 0.1) is 6.54 Å². The van der Waals surface area contributed by atoms with E-state index in [-0.39, 0.29) is 18.5 Å². The summed E-state index contributed by atoms with van der Waals surface area (Å²) < 4.78 is 26.8. The van der Waals surface area contributed by atoms with Crippen LogP contribution in [0.5, 0.6) is 0 Å². The molecule has 0 aromatic rings. The fourth-order valence-corrected chi connectivity index (χ4v) is 4.80. The van der Waals surface area contributed by atoms with Gasteiger partial charge in [-0.2, -0.15) is 4.31 Å². The lowest BCUT2D eigenvalue weighted by atomic mass is 10.1. The van der Waals surface area contributed by atoms with Gasteiger partial charge >= 0.3 is 0 Å². The van der Waals surface area contributed by atoms with Gasteiger partial charge in [0.25, 0.3) is 0 Å². The molecule has 2 fully saturated rings. The van der Waals surface area contributed by atoms with Crippen LogP contribution in [0.1, 0.15) is 19.8 Å². The Labute approximate surface area is 137 Å². The van der Waals surface area contributed by atoms with E-state index in [1.807, 2.05) is 0 Å². The van der Waals surface area contributed by atoms with E-state index in [2.05, 4.69) is 5.32 Å². The summed E-state index contributed by atoms with van der Waals surface area (Å²) in [7, 11) is -0.610. The first kappa shape index (κ1) is 18.2. The highest BCUT2D eigenvalue weighted by Crippen LogP contribution is 2.22. The van der Waals surface area contributed by atoms with Crippen molar-refractivity contribution in [1.82, 2.24) is 19.4 Å². The minimum absolute atomic E-state index is 0.0120. The van der Waals surface area contributed by atoms with Gasteiger partial charge in [0.15, 0.2) is 5.25 Å². The third kappa shape index (κ3) is 3.84. The van der Waals surface area contributed by atoms with E-state index in [1.165, 1.54) is 16.1 Å². The van der Waals surface area contributed by atoms with Gasteiger partial charge in [-0.3, -0.25) is 9.59 Å². The van der Waals surface area contributed by atoms with Crippen LogP contribution >= 0.6 is 0 Å². The first-order valence-electron chi connectivity index (χ1n) is 7.95. The van der Waals surface area contributed by atoms with Crippen LogP contribution in [0, 0.1) is 0 Å². The Bertz CT molecular complexity index is 563. The highest BCUT2D eigenvalue weighted by atomic mass is 32.2. The molecule has 0 saturated carbocycles. The minimum atomic E-state index is -3.71. The van der Waals surface area contributed by atoms with E-state index < -0.39 is 21.2 Å². The van der Waals surface area contributed by atoms with Crippen molar-refractivity contribution in [3.05, 3.63) is 0 Å². The molecule has 2 atom stereocenters. The molecule has 0 radical (unpaired) electrons. The molecular formula is C14H26N4O4S. The van der Waals surface area contributed by atoms with Crippen molar-refractivity contribution < 1.29 is 18.0 Å². The van der Waals surface area contributed by atoms with Crippen molar-refractivity contribution in [2.24, 2.45) is 0 Å². The van der Waals surface area contributed by atoms with E-state index in [4.69, 9.17) is 0 Å². The summed E-state index contributed by atoms with van der Waals surface area (Å²) in [6.45, 7) is 3.74. The lowest BCUT2D eigenvalue weighted by molar-refractivity contribution is -0.135. The third-order valence-corrected chi connectivity index (χ3v) is 6.67. The molecule has 23 heavy (non-hydrogen) atoms. The predicted octanol–water partition coefficient (Wildman–Crippen LogP) is -1.31. The van der Waals surface area contributed by atoms with Crippen molar-refractivity contribution in [3.8, 4) is 0 Å². The molecule has 0 aliphatic carbocycles. The highest BCUT2D eigenvalue weighted by molar-refractivity contribution is 7.90. The average molecular weight is 346 g/mol. The number of piperazine rings is 1. The number of nitrogens with one attached hydrogen (secondary N) is 1. The molecule has 9 heteroatoms. The van der Waals surface area contributed by atoms with E-state index in [1.54, 1.807) is 19.0 Å². The second-order valence-corrected chi connectivity index (χ2v) is 8.59. The summed E-state index contributed by atoms with van der Waals surface area (Å²) in [4.78, 5) is 27.1. The second-order valence-electron chi connectivity index (χ2n) is 6.34. The normalized spacial score (nSPS) is 25.3. The summed E-state index contributed by atoms with van der Waals surface area (Å²) in [6, 6.07) is -0.102. The number of hydrogen-bond acceptors (Lipinski definition) is 5. The fourth-order valence-electron chi connectivity index (χ4n) is 3.13. The molecule has 2 saturated heterocycles. The SMILES string of the molecule is CC(C(=O)N(C)C)S(=O)(=O)N1CCCC(N2CCNCC2=O)C1. The van der Waals surface area contributed by atoms with E-state index in [0.29, 0.717) is 26.1 Å². The standard InChI is InChI=1S/C14H26N4O4S/c1-11(14(20)16(2)3)23(21,22)17-7-4-5-12(10-17)18-8-6-15-9-13(18)19/h11-12,15H,4-10H2,1-3H3. The van der Waals surface area contributed by atoms with Crippen molar-refractivity contribution >= 4 is 21.8 Å². The van der Waals surface area contributed by atoms with Crippen LogP contribution in [0.4, 0.5) is 0 Å². The van der Waals surface area contributed by atoms with Gasteiger partial charge in [-0.1, -0.05) is 0 Å². The van der Waals surface area contributed by atoms with Gasteiger partial charge in [-0.05, 0) is 19.8 Å². The number of sulfonamides is 1. The van der Waals surface area contributed by atoms with Crippen molar-refractivity contribution in [1.29, 1.82) is 0 Å². The minimum Gasteiger partial charge on any atom is -0.348 e. The second kappa shape index (κ2) is 7.14. The first-order chi connectivity index (χ1) is 10.7. The predicted molar refractivity (Wildman–Crippen MR) is 86.3 cm³/mol. The lowest BCUT2D eigenvalue weighted by Crippen LogP contribution is -2.58. The smallest absolute Gasteiger partial charge is 0.241 e. The Balaban J connectivity index is 2.10. The largest absolute Gasteiger partial charge is 0.348 e. The highest BCUT2D eigenvalue weighted by Gasteiger charge is 2.39. The number of amides is 2. The van der Waals surface area contributed by atoms with Crippen LogP contribution in [0.25, 0.3) is 0 Å². The monoisotopic (exact) mass is 346 g/mol. The topological polar surface area (TPSA) is 90.0 Å². The molecule has 2 aliphatic heterocycles. The van der Waals surface area contributed by atoms with E-state index in [9.17, 15) is 18.0 Å². The maximum Gasteiger partial charge on any atom is 0.241 e. The Morgan fingerprint density at radius 1 is 1.35 bits per heavy atom. The number of nitrogens with zero attached hydrogens (tertiary/aromatic N) is 3. The zero-order valence-corrected chi connectivity index (χ0v) is 14.8. The van der Waals surface area contributed by atoms with Crippen LogP contribution in [-0.4, -0.2) is 92.4 Å². The number of carbonyl (C=O) groups excluding carboxylic acids is 2. The Hall–Kier alpha value is -1.19. The Morgan fingerprint density at radius 3 is 2.65 bits per heavy atom. The molecule has 0 aromatic heterocycles. The zero-order chi connectivity index (χ0) is 17.2. The van der Waals surface area contributed by atoms with Gasteiger partial charge in [0.1, 0.15) is 0 Å². The number of rotatable bonds is 4. The number of piperidine rings is 1. The Morgan fingerprint density at radius 2 is 2.04 bits per heavy atom. The van der Waals surface area contributed by atoms with E-state index >= 15 is 0 Å². The molecular weight excluding hydrogens is 320 g/mol. The Kier molecular flexibility index (Phi) is 5.64. The van der Waals surface area contributed by atoms with Gasteiger partial charge in [-0.25, -0.2) is 8.42 Å². The molecule has 2 heterocycles. The van der Waals surface area contributed by atoms with Crippen LogP contribution in [0.15, 0.2) is 0 Å². The van der Waals surface area contributed by atoms with Crippen LogP contribution in [-0.2, 0) is 19.6 Å². The van der Waals surface area contributed by atoms with Gasteiger partial charge in [0, 0.05) is 46.3 Å². The zero-order valence-electron chi connectivity index (χ0n) is 14.0. The number of carbonyl (C=O) groups is 2. The van der Waals surface area contributed by atoms with Crippen molar-refractivity contribution in [2.45, 2.75) is 31.1 Å². The van der Waals surface area contributed by atoms with Crippen LogP contribution in [0.3, 0.4) is 0 Å². The summed E-state index contributed by atoms with van der Waals surface area (Å²) in [5.41, 5.74) is 0. The number of hydrogen-bond donors (Lipinski definition) is 1.